The van der Waals surface area contributed by atoms with E-state index in [9.17, 15) is 4.79 Å². The van der Waals surface area contributed by atoms with Crippen LogP contribution in [0.4, 0.5) is 0 Å². The molecule has 0 atom stereocenters. The SMILES string of the molecule is CC(C)CCN(CCC(C)C)C(=O)c1ccc(Br)c(Cl)c1. The Morgan fingerprint density at radius 3 is 2.10 bits per heavy atom. The lowest BCUT2D eigenvalue weighted by Gasteiger charge is -2.24. The quantitative estimate of drug-likeness (QED) is 0.605. The second-order valence-corrected chi connectivity index (χ2v) is 7.55. The smallest absolute Gasteiger partial charge is 0.253 e. The second-order valence-electron chi connectivity index (χ2n) is 6.29. The predicted octanol–water partition coefficient (Wildman–Crippen LogP) is 5.64. The van der Waals surface area contributed by atoms with E-state index in [1.54, 1.807) is 6.07 Å². The summed E-state index contributed by atoms with van der Waals surface area (Å²) in [5, 5.41) is 0.577. The van der Waals surface area contributed by atoms with E-state index in [1.807, 2.05) is 17.0 Å². The molecule has 0 bridgehead atoms. The van der Waals surface area contributed by atoms with Gasteiger partial charge in [-0.2, -0.15) is 0 Å². The van der Waals surface area contributed by atoms with Crippen LogP contribution in [0.1, 0.15) is 50.9 Å². The molecule has 0 saturated heterocycles. The Morgan fingerprint density at radius 1 is 1.14 bits per heavy atom. The number of nitrogens with zero attached hydrogens (tertiary/aromatic N) is 1. The standard InChI is InChI=1S/C17H25BrClNO/c1-12(2)7-9-20(10-8-13(3)4)17(21)14-5-6-15(18)16(19)11-14/h5-6,11-13H,7-10H2,1-4H3. The van der Waals surface area contributed by atoms with E-state index in [1.165, 1.54) is 0 Å². The number of carbonyl (C=O) groups excluding carboxylic acids is 1. The van der Waals surface area contributed by atoms with Crippen molar-refractivity contribution < 1.29 is 4.79 Å². The van der Waals surface area contributed by atoms with Crippen molar-refractivity contribution in [1.29, 1.82) is 0 Å². The third kappa shape index (κ3) is 6.39. The van der Waals surface area contributed by atoms with E-state index < -0.39 is 0 Å². The number of hydrogen-bond acceptors (Lipinski definition) is 1. The van der Waals surface area contributed by atoms with Crippen LogP contribution in [0, 0.1) is 11.8 Å². The van der Waals surface area contributed by atoms with Gasteiger partial charge in [0.2, 0.25) is 0 Å². The first-order valence-electron chi connectivity index (χ1n) is 7.55. The van der Waals surface area contributed by atoms with Crippen molar-refractivity contribution in [2.45, 2.75) is 40.5 Å². The van der Waals surface area contributed by atoms with Crippen LogP contribution in [0.3, 0.4) is 0 Å². The van der Waals surface area contributed by atoms with Gasteiger partial charge in [0.15, 0.2) is 0 Å². The third-order valence-corrected chi connectivity index (χ3v) is 4.64. The number of halogens is 2. The Hall–Kier alpha value is -0.540. The molecule has 1 amide bonds. The van der Waals surface area contributed by atoms with Crippen LogP contribution in [-0.4, -0.2) is 23.9 Å². The summed E-state index contributed by atoms with van der Waals surface area (Å²) in [5.74, 6) is 1.26. The van der Waals surface area contributed by atoms with Crippen LogP contribution in [0.5, 0.6) is 0 Å². The van der Waals surface area contributed by atoms with Gasteiger partial charge in [-0.15, -0.1) is 0 Å². The van der Waals surface area contributed by atoms with Crippen molar-refractivity contribution in [1.82, 2.24) is 4.90 Å². The van der Waals surface area contributed by atoms with Crippen molar-refractivity contribution in [2.75, 3.05) is 13.1 Å². The lowest BCUT2D eigenvalue weighted by Crippen LogP contribution is -2.34. The molecule has 0 aliphatic rings. The average molecular weight is 375 g/mol. The molecule has 0 aliphatic heterocycles. The monoisotopic (exact) mass is 373 g/mol. The average Bonchev–Trinajstić information content (AvgIpc) is 2.40. The van der Waals surface area contributed by atoms with E-state index >= 15 is 0 Å². The second kappa shape index (κ2) is 8.79. The third-order valence-electron chi connectivity index (χ3n) is 3.41. The molecule has 0 saturated carbocycles. The Bertz CT molecular complexity index is 462. The van der Waals surface area contributed by atoms with Gasteiger partial charge in [0.1, 0.15) is 0 Å². The number of rotatable bonds is 7. The van der Waals surface area contributed by atoms with Crippen LogP contribution in [0.2, 0.25) is 5.02 Å². The van der Waals surface area contributed by atoms with E-state index in [4.69, 9.17) is 11.6 Å². The summed E-state index contributed by atoms with van der Waals surface area (Å²) in [6.45, 7) is 10.3. The molecular formula is C17H25BrClNO. The maximum absolute atomic E-state index is 12.7. The summed E-state index contributed by atoms with van der Waals surface area (Å²) in [4.78, 5) is 14.6. The Balaban J connectivity index is 2.83. The van der Waals surface area contributed by atoms with E-state index in [-0.39, 0.29) is 5.91 Å². The Labute approximate surface area is 142 Å². The fourth-order valence-corrected chi connectivity index (χ4v) is 2.38. The summed E-state index contributed by atoms with van der Waals surface area (Å²) >= 11 is 9.46. The van der Waals surface area contributed by atoms with Gasteiger partial charge >= 0.3 is 0 Å². The van der Waals surface area contributed by atoms with Crippen molar-refractivity contribution in [3.05, 3.63) is 33.3 Å². The zero-order valence-corrected chi connectivity index (χ0v) is 15.7. The molecule has 118 valence electrons. The number of benzene rings is 1. The van der Waals surface area contributed by atoms with E-state index in [0.717, 1.165) is 30.4 Å². The summed E-state index contributed by atoms with van der Waals surface area (Å²) in [7, 11) is 0. The highest BCUT2D eigenvalue weighted by Gasteiger charge is 2.17. The van der Waals surface area contributed by atoms with Crippen molar-refractivity contribution in [3.63, 3.8) is 0 Å². The minimum absolute atomic E-state index is 0.0747. The molecule has 1 aromatic carbocycles. The van der Waals surface area contributed by atoms with Gasteiger partial charge in [-0.1, -0.05) is 39.3 Å². The van der Waals surface area contributed by atoms with Crippen molar-refractivity contribution >= 4 is 33.4 Å². The lowest BCUT2D eigenvalue weighted by molar-refractivity contribution is 0.0741. The molecule has 0 unspecified atom stereocenters. The topological polar surface area (TPSA) is 20.3 Å². The maximum atomic E-state index is 12.7. The summed E-state index contributed by atoms with van der Waals surface area (Å²) in [5.41, 5.74) is 0.663. The molecular weight excluding hydrogens is 350 g/mol. The molecule has 0 fully saturated rings. The summed E-state index contributed by atoms with van der Waals surface area (Å²) in [6.07, 6.45) is 2.04. The first kappa shape index (κ1) is 18.5. The predicted molar refractivity (Wildman–Crippen MR) is 94.0 cm³/mol. The van der Waals surface area contributed by atoms with Gasteiger partial charge < -0.3 is 4.90 Å². The first-order chi connectivity index (χ1) is 9.81. The van der Waals surface area contributed by atoms with Crippen molar-refractivity contribution in [2.24, 2.45) is 11.8 Å². The van der Waals surface area contributed by atoms with Gasteiger partial charge in [0.25, 0.3) is 5.91 Å². The van der Waals surface area contributed by atoms with Crippen molar-refractivity contribution in [3.8, 4) is 0 Å². The van der Waals surface area contributed by atoms with Gasteiger partial charge in [-0.05, 0) is 58.8 Å². The maximum Gasteiger partial charge on any atom is 0.253 e. The number of carbonyl (C=O) groups is 1. The highest BCUT2D eigenvalue weighted by atomic mass is 79.9. The first-order valence-corrected chi connectivity index (χ1v) is 8.72. The molecule has 0 N–H and O–H groups in total. The van der Waals surface area contributed by atoms with Gasteiger partial charge in [0.05, 0.1) is 5.02 Å². The van der Waals surface area contributed by atoms with Crippen LogP contribution in [0.15, 0.2) is 22.7 Å². The number of amides is 1. The van der Waals surface area contributed by atoms with Crippen LogP contribution >= 0.6 is 27.5 Å². The van der Waals surface area contributed by atoms with Crippen LogP contribution in [0.25, 0.3) is 0 Å². The molecule has 4 heteroatoms. The van der Waals surface area contributed by atoms with E-state index in [2.05, 4.69) is 43.6 Å². The Kier molecular flexibility index (Phi) is 7.75. The number of hydrogen-bond donors (Lipinski definition) is 0. The molecule has 1 aromatic rings. The minimum Gasteiger partial charge on any atom is -0.339 e. The molecule has 0 spiro atoms. The van der Waals surface area contributed by atoms with Gasteiger partial charge in [0, 0.05) is 23.1 Å². The minimum atomic E-state index is 0.0747. The molecule has 0 aliphatic carbocycles. The van der Waals surface area contributed by atoms with E-state index in [0.29, 0.717) is 22.4 Å². The fraction of sp³-hybridized carbons (Fsp3) is 0.588. The highest BCUT2D eigenvalue weighted by molar-refractivity contribution is 9.10. The van der Waals surface area contributed by atoms with Gasteiger partial charge in [-0.25, -0.2) is 0 Å². The molecule has 0 aromatic heterocycles. The Morgan fingerprint density at radius 2 is 1.67 bits per heavy atom. The summed E-state index contributed by atoms with van der Waals surface area (Å²) in [6, 6.07) is 5.40. The van der Waals surface area contributed by atoms with Gasteiger partial charge in [-0.3, -0.25) is 4.79 Å². The van der Waals surface area contributed by atoms with Crippen LogP contribution < -0.4 is 0 Å². The summed E-state index contributed by atoms with van der Waals surface area (Å²) < 4.78 is 0.816. The zero-order valence-electron chi connectivity index (χ0n) is 13.3. The zero-order chi connectivity index (χ0) is 16.0. The van der Waals surface area contributed by atoms with Crippen LogP contribution in [-0.2, 0) is 0 Å². The lowest BCUT2D eigenvalue weighted by atomic mass is 10.1. The largest absolute Gasteiger partial charge is 0.339 e. The highest BCUT2D eigenvalue weighted by Crippen LogP contribution is 2.24. The molecule has 1 rings (SSSR count). The molecule has 2 nitrogen and oxygen atoms in total. The molecule has 21 heavy (non-hydrogen) atoms. The normalized spacial score (nSPS) is 11.2. The molecule has 0 heterocycles. The fourth-order valence-electron chi connectivity index (χ4n) is 1.95. The molecule has 0 radical (unpaired) electrons.